The molecule has 2 rings (SSSR count). The number of hydrogen-bond acceptors (Lipinski definition) is 4. The summed E-state index contributed by atoms with van der Waals surface area (Å²) in [5, 5.41) is 15.5. The highest BCUT2D eigenvalue weighted by molar-refractivity contribution is 5.79. The number of carbonyl (C=O) groups is 2. The molecule has 1 unspecified atom stereocenters. The normalized spacial score (nSPS) is 11.8. The standard InChI is InChI=1S/C15H16N2O4/c18-14(9-13-6-7-21-17-13)16-10-12(15(19)20)8-11-4-2-1-3-5-11/h1-7,12H,8-10H2,(H,16,18)(H,19,20). The van der Waals surface area contributed by atoms with Crippen LogP contribution in [0.25, 0.3) is 0 Å². The highest BCUT2D eigenvalue weighted by atomic mass is 16.5. The summed E-state index contributed by atoms with van der Waals surface area (Å²) in [4.78, 5) is 23.0. The second kappa shape index (κ2) is 7.23. The van der Waals surface area contributed by atoms with Gasteiger partial charge in [-0.25, -0.2) is 0 Å². The van der Waals surface area contributed by atoms with Gasteiger partial charge in [0.1, 0.15) is 6.26 Å². The summed E-state index contributed by atoms with van der Waals surface area (Å²) in [6.45, 7) is 0.0842. The number of carboxylic acids is 1. The number of benzene rings is 1. The Morgan fingerprint density at radius 2 is 2.00 bits per heavy atom. The third-order valence-electron chi connectivity index (χ3n) is 3.05. The monoisotopic (exact) mass is 288 g/mol. The zero-order valence-corrected chi connectivity index (χ0v) is 11.4. The van der Waals surface area contributed by atoms with Crippen LogP contribution in [0.4, 0.5) is 0 Å². The first-order valence-electron chi connectivity index (χ1n) is 6.58. The number of hydrogen-bond donors (Lipinski definition) is 2. The van der Waals surface area contributed by atoms with E-state index in [1.807, 2.05) is 30.3 Å². The summed E-state index contributed by atoms with van der Waals surface area (Å²) < 4.78 is 4.63. The van der Waals surface area contributed by atoms with Gasteiger partial charge >= 0.3 is 5.97 Å². The molecule has 110 valence electrons. The SMILES string of the molecule is O=C(Cc1ccon1)NCC(Cc1ccccc1)C(=O)O. The van der Waals surface area contributed by atoms with Gasteiger partial charge in [0.25, 0.3) is 0 Å². The molecule has 6 nitrogen and oxygen atoms in total. The first-order chi connectivity index (χ1) is 10.1. The average Bonchev–Trinajstić information content (AvgIpc) is 2.97. The van der Waals surface area contributed by atoms with Crippen LogP contribution < -0.4 is 5.32 Å². The van der Waals surface area contributed by atoms with E-state index < -0.39 is 11.9 Å². The van der Waals surface area contributed by atoms with Gasteiger partial charge in [0.05, 0.1) is 18.0 Å². The van der Waals surface area contributed by atoms with Crippen molar-refractivity contribution in [2.45, 2.75) is 12.8 Å². The summed E-state index contributed by atoms with van der Waals surface area (Å²) in [5.74, 6) is -1.86. The average molecular weight is 288 g/mol. The molecular formula is C15H16N2O4. The molecule has 2 N–H and O–H groups in total. The number of aromatic nitrogens is 1. The zero-order valence-electron chi connectivity index (χ0n) is 11.4. The van der Waals surface area contributed by atoms with Crippen molar-refractivity contribution in [1.29, 1.82) is 0 Å². The number of carboxylic acid groups (broad SMARTS) is 1. The van der Waals surface area contributed by atoms with Crippen molar-refractivity contribution in [2.75, 3.05) is 6.54 Å². The minimum absolute atomic E-state index is 0.0776. The van der Waals surface area contributed by atoms with Gasteiger partial charge in [-0.3, -0.25) is 9.59 Å². The maximum atomic E-state index is 11.7. The largest absolute Gasteiger partial charge is 0.481 e. The van der Waals surface area contributed by atoms with E-state index in [0.29, 0.717) is 12.1 Å². The fraction of sp³-hybridized carbons (Fsp3) is 0.267. The van der Waals surface area contributed by atoms with E-state index in [-0.39, 0.29) is 18.9 Å². The number of nitrogens with zero attached hydrogens (tertiary/aromatic N) is 1. The molecule has 0 spiro atoms. The van der Waals surface area contributed by atoms with Gasteiger partial charge in [-0.15, -0.1) is 0 Å². The summed E-state index contributed by atoms with van der Waals surface area (Å²) in [6.07, 6.45) is 1.84. The number of amides is 1. The zero-order chi connectivity index (χ0) is 15.1. The molecule has 0 aliphatic carbocycles. The van der Waals surface area contributed by atoms with E-state index in [1.165, 1.54) is 6.26 Å². The second-order valence-electron chi connectivity index (χ2n) is 4.70. The number of aliphatic carboxylic acids is 1. The Kier molecular flexibility index (Phi) is 5.09. The summed E-state index contributed by atoms with van der Waals surface area (Å²) in [7, 11) is 0. The minimum Gasteiger partial charge on any atom is -0.481 e. The molecule has 2 aromatic rings. The van der Waals surface area contributed by atoms with Gasteiger partial charge < -0.3 is 14.9 Å². The molecule has 0 fully saturated rings. The van der Waals surface area contributed by atoms with Gasteiger partial charge in [0, 0.05) is 12.6 Å². The molecule has 0 aliphatic heterocycles. The third-order valence-corrected chi connectivity index (χ3v) is 3.05. The highest BCUT2D eigenvalue weighted by Crippen LogP contribution is 2.08. The summed E-state index contributed by atoms with van der Waals surface area (Å²) >= 11 is 0. The van der Waals surface area contributed by atoms with Crippen LogP contribution in [0.5, 0.6) is 0 Å². The summed E-state index contributed by atoms with van der Waals surface area (Å²) in [6, 6.07) is 10.9. The maximum Gasteiger partial charge on any atom is 0.308 e. The number of rotatable bonds is 7. The Hall–Kier alpha value is -2.63. The topological polar surface area (TPSA) is 92.4 Å². The minimum atomic E-state index is -0.930. The fourth-order valence-corrected chi connectivity index (χ4v) is 1.94. The molecule has 1 atom stereocenters. The lowest BCUT2D eigenvalue weighted by molar-refractivity contribution is -0.141. The van der Waals surface area contributed by atoms with Crippen molar-refractivity contribution >= 4 is 11.9 Å². The van der Waals surface area contributed by atoms with Gasteiger partial charge in [-0.05, 0) is 12.0 Å². The maximum absolute atomic E-state index is 11.7. The van der Waals surface area contributed by atoms with Crippen LogP contribution in [0, 0.1) is 5.92 Å². The lowest BCUT2D eigenvalue weighted by Crippen LogP contribution is -2.34. The number of carbonyl (C=O) groups excluding carboxylic acids is 1. The van der Waals surface area contributed by atoms with E-state index >= 15 is 0 Å². The van der Waals surface area contributed by atoms with Crippen molar-refractivity contribution in [3.8, 4) is 0 Å². The van der Waals surface area contributed by atoms with Crippen LogP contribution >= 0.6 is 0 Å². The van der Waals surface area contributed by atoms with Gasteiger partial charge in [0.15, 0.2) is 0 Å². The quantitative estimate of drug-likeness (QED) is 0.800. The van der Waals surface area contributed by atoms with Crippen LogP contribution in [0.3, 0.4) is 0 Å². The molecule has 0 saturated carbocycles. The predicted molar refractivity (Wildman–Crippen MR) is 74.5 cm³/mol. The van der Waals surface area contributed by atoms with E-state index in [0.717, 1.165) is 5.56 Å². The van der Waals surface area contributed by atoms with E-state index in [1.54, 1.807) is 6.07 Å². The molecule has 1 amide bonds. The first kappa shape index (κ1) is 14.8. The van der Waals surface area contributed by atoms with Crippen molar-refractivity contribution < 1.29 is 19.2 Å². The third kappa shape index (κ3) is 4.76. The molecule has 0 saturated heterocycles. The van der Waals surface area contributed by atoms with Crippen LogP contribution in [0.15, 0.2) is 47.2 Å². The van der Waals surface area contributed by atoms with E-state index in [9.17, 15) is 14.7 Å². The lowest BCUT2D eigenvalue weighted by Gasteiger charge is -2.13. The Labute approximate surface area is 121 Å². The van der Waals surface area contributed by atoms with Crippen LogP contribution in [0.1, 0.15) is 11.3 Å². The molecule has 21 heavy (non-hydrogen) atoms. The second-order valence-corrected chi connectivity index (χ2v) is 4.70. The molecule has 0 bridgehead atoms. The first-order valence-corrected chi connectivity index (χ1v) is 6.58. The van der Waals surface area contributed by atoms with Crippen molar-refractivity contribution in [2.24, 2.45) is 5.92 Å². The molecule has 1 aromatic carbocycles. The van der Waals surface area contributed by atoms with Crippen molar-refractivity contribution in [1.82, 2.24) is 10.5 Å². The number of nitrogens with one attached hydrogen (secondary N) is 1. The Morgan fingerprint density at radius 3 is 2.62 bits per heavy atom. The van der Waals surface area contributed by atoms with Crippen LogP contribution in [-0.2, 0) is 22.4 Å². The molecule has 1 aromatic heterocycles. The van der Waals surface area contributed by atoms with Gasteiger partial charge in [0.2, 0.25) is 5.91 Å². The van der Waals surface area contributed by atoms with Crippen LogP contribution in [0.2, 0.25) is 0 Å². The Bertz CT molecular complexity index is 581. The fourth-order valence-electron chi connectivity index (χ4n) is 1.94. The molecular weight excluding hydrogens is 272 g/mol. The van der Waals surface area contributed by atoms with Crippen molar-refractivity contribution in [3.63, 3.8) is 0 Å². The van der Waals surface area contributed by atoms with Crippen LogP contribution in [-0.4, -0.2) is 28.7 Å². The molecule has 6 heteroatoms. The summed E-state index contributed by atoms with van der Waals surface area (Å²) in [5.41, 5.74) is 1.44. The molecule has 0 radical (unpaired) electrons. The Balaban J connectivity index is 1.85. The lowest BCUT2D eigenvalue weighted by atomic mass is 9.99. The highest BCUT2D eigenvalue weighted by Gasteiger charge is 2.19. The van der Waals surface area contributed by atoms with E-state index in [2.05, 4.69) is 15.0 Å². The Morgan fingerprint density at radius 1 is 1.24 bits per heavy atom. The van der Waals surface area contributed by atoms with Crippen molar-refractivity contribution in [3.05, 3.63) is 53.9 Å². The van der Waals surface area contributed by atoms with Gasteiger partial charge in [-0.1, -0.05) is 35.5 Å². The van der Waals surface area contributed by atoms with E-state index in [4.69, 9.17) is 0 Å². The van der Waals surface area contributed by atoms with Gasteiger partial charge in [-0.2, -0.15) is 0 Å². The predicted octanol–water partition coefficient (Wildman–Crippen LogP) is 1.28. The smallest absolute Gasteiger partial charge is 0.308 e. The molecule has 0 aliphatic rings. The molecule has 1 heterocycles.